The van der Waals surface area contributed by atoms with Gasteiger partial charge >= 0.3 is 13.5 Å². The monoisotopic (exact) mass is 395 g/mol. The van der Waals surface area contributed by atoms with Gasteiger partial charge in [-0.25, -0.2) is 9.36 Å². The van der Waals surface area contributed by atoms with Crippen molar-refractivity contribution in [1.82, 2.24) is 9.55 Å². The number of carbonyl (C=O) groups is 1. The van der Waals surface area contributed by atoms with Gasteiger partial charge in [-0.1, -0.05) is 0 Å². The summed E-state index contributed by atoms with van der Waals surface area (Å²) in [6.45, 7) is 0.504. The van der Waals surface area contributed by atoms with E-state index in [1.54, 1.807) is 0 Å². The van der Waals surface area contributed by atoms with E-state index >= 15 is 0 Å². The minimum atomic E-state index is -4.81. The standard InChI is InChI=1S/C12H18N3O10P/c1-5(16)10(19)13-7-2-3-15(12(20)14-7)11-9(18)8(17)6(25-11)4-24-26(21,22)23/h2-3,5-6,8-9,11,16-18H,4H2,1H3,(H2,21,22,23)(H,13,14,19,20)/t5?,6-,8-,9-,11-/m1/s1. The summed E-state index contributed by atoms with van der Waals surface area (Å²) in [6.07, 6.45) is -6.06. The second-order valence-corrected chi connectivity index (χ2v) is 6.74. The SMILES string of the molecule is CC(O)C(=O)Nc1ccn([C@@H]2O[C@H](COP(=O)(O)O)[C@@H](O)[C@H]2O)c(=O)n1. The van der Waals surface area contributed by atoms with Crippen molar-refractivity contribution in [3.8, 4) is 0 Å². The van der Waals surface area contributed by atoms with E-state index in [0.29, 0.717) is 0 Å². The van der Waals surface area contributed by atoms with Crippen LogP contribution >= 0.6 is 7.82 Å². The van der Waals surface area contributed by atoms with Crippen molar-refractivity contribution in [3.63, 3.8) is 0 Å². The smallest absolute Gasteiger partial charge is 0.387 e. The molecule has 5 atom stereocenters. The number of ether oxygens (including phenoxy) is 1. The van der Waals surface area contributed by atoms with Crippen molar-refractivity contribution >= 4 is 19.5 Å². The average molecular weight is 395 g/mol. The third kappa shape index (κ3) is 4.93. The minimum Gasteiger partial charge on any atom is -0.387 e. The zero-order valence-corrected chi connectivity index (χ0v) is 14.3. The molecule has 0 aliphatic carbocycles. The average Bonchev–Trinajstić information content (AvgIpc) is 2.80. The van der Waals surface area contributed by atoms with E-state index < -0.39 is 56.7 Å². The fourth-order valence-corrected chi connectivity index (χ4v) is 2.52. The first-order valence-electron chi connectivity index (χ1n) is 7.29. The predicted octanol–water partition coefficient (Wildman–Crippen LogP) is -2.71. The van der Waals surface area contributed by atoms with E-state index in [9.17, 15) is 24.4 Å². The van der Waals surface area contributed by atoms with Gasteiger partial charge in [0.15, 0.2) is 6.23 Å². The lowest BCUT2D eigenvalue weighted by Crippen LogP contribution is -2.36. The van der Waals surface area contributed by atoms with Gasteiger partial charge in [0.2, 0.25) is 0 Å². The van der Waals surface area contributed by atoms with Crippen LogP contribution in [0, 0.1) is 0 Å². The van der Waals surface area contributed by atoms with E-state index in [2.05, 4.69) is 14.8 Å². The van der Waals surface area contributed by atoms with Gasteiger partial charge in [0.25, 0.3) is 5.91 Å². The number of hydrogen-bond donors (Lipinski definition) is 6. The Kier molecular flexibility index (Phi) is 6.26. The number of rotatable bonds is 6. The Bertz CT molecular complexity index is 762. The summed E-state index contributed by atoms with van der Waals surface area (Å²) in [5, 5.41) is 31.2. The van der Waals surface area contributed by atoms with Crippen LogP contribution in [0.5, 0.6) is 0 Å². The first kappa shape index (κ1) is 20.6. The lowest BCUT2D eigenvalue weighted by Gasteiger charge is -2.17. The lowest BCUT2D eigenvalue weighted by molar-refractivity contribution is -0.123. The van der Waals surface area contributed by atoms with Crippen LogP contribution in [0.4, 0.5) is 5.82 Å². The maximum atomic E-state index is 12.1. The van der Waals surface area contributed by atoms with Gasteiger partial charge in [-0.15, -0.1) is 0 Å². The third-order valence-corrected chi connectivity index (χ3v) is 3.96. The Morgan fingerprint density at radius 1 is 1.46 bits per heavy atom. The molecule has 1 aromatic rings. The molecule has 26 heavy (non-hydrogen) atoms. The second-order valence-electron chi connectivity index (χ2n) is 5.50. The fraction of sp³-hybridized carbons (Fsp3) is 0.583. The van der Waals surface area contributed by atoms with Gasteiger partial charge in [0, 0.05) is 6.20 Å². The third-order valence-electron chi connectivity index (χ3n) is 3.48. The molecular formula is C12H18N3O10P. The van der Waals surface area contributed by atoms with Gasteiger partial charge in [-0.2, -0.15) is 4.98 Å². The van der Waals surface area contributed by atoms with Crippen LogP contribution < -0.4 is 11.0 Å². The molecule has 13 nitrogen and oxygen atoms in total. The molecule has 1 amide bonds. The zero-order chi connectivity index (χ0) is 19.6. The second kappa shape index (κ2) is 7.90. The molecule has 1 aromatic heterocycles. The maximum absolute atomic E-state index is 12.1. The molecule has 1 aliphatic heterocycles. The summed E-state index contributed by atoms with van der Waals surface area (Å²) in [4.78, 5) is 44.3. The summed E-state index contributed by atoms with van der Waals surface area (Å²) in [5.74, 6) is -0.927. The predicted molar refractivity (Wildman–Crippen MR) is 82.7 cm³/mol. The normalized spacial score (nSPS) is 27.3. The summed E-state index contributed by atoms with van der Waals surface area (Å²) in [6, 6.07) is 1.20. The molecule has 0 spiro atoms. The number of amides is 1. The Morgan fingerprint density at radius 3 is 2.65 bits per heavy atom. The van der Waals surface area contributed by atoms with Crippen LogP contribution in [-0.2, 0) is 18.6 Å². The van der Waals surface area contributed by atoms with E-state index in [-0.39, 0.29) is 5.82 Å². The number of hydrogen-bond acceptors (Lipinski definition) is 9. The van der Waals surface area contributed by atoms with Crippen LogP contribution in [0.3, 0.4) is 0 Å². The Balaban J connectivity index is 2.14. The van der Waals surface area contributed by atoms with Crippen LogP contribution in [0.25, 0.3) is 0 Å². The Morgan fingerprint density at radius 2 is 2.12 bits per heavy atom. The summed E-state index contributed by atoms with van der Waals surface area (Å²) in [5.41, 5.74) is -0.943. The molecular weight excluding hydrogens is 377 g/mol. The zero-order valence-electron chi connectivity index (χ0n) is 13.4. The molecule has 146 valence electrons. The first-order valence-corrected chi connectivity index (χ1v) is 8.82. The number of phosphoric acid groups is 1. The number of nitrogens with zero attached hydrogens (tertiary/aromatic N) is 2. The molecule has 6 N–H and O–H groups in total. The highest BCUT2D eigenvalue weighted by atomic mass is 31.2. The van der Waals surface area contributed by atoms with E-state index in [1.807, 2.05) is 0 Å². The number of aliphatic hydroxyl groups excluding tert-OH is 3. The van der Waals surface area contributed by atoms with Crippen molar-refractivity contribution < 1.29 is 43.7 Å². The summed E-state index contributed by atoms with van der Waals surface area (Å²) >= 11 is 0. The Labute approximate surface area is 146 Å². The van der Waals surface area contributed by atoms with Gasteiger partial charge in [-0.05, 0) is 13.0 Å². The minimum absolute atomic E-state index is 0.147. The quantitative estimate of drug-likeness (QED) is 0.274. The summed E-state index contributed by atoms with van der Waals surface area (Å²) in [7, 11) is -4.81. The van der Waals surface area contributed by atoms with Crippen molar-refractivity contribution in [3.05, 3.63) is 22.7 Å². The van der Waals surface area contributed by atoms with Crippen molar-refractivity contribution in [2.75, 3.05) is 11.9 Å². The van der Waals surface area contributed by atoms with E-state index in [4.69, 9.17) is 19.6 Å². The van der Waals surface area contributed by atoms with Crippen LogP contribution in [-0.4, -0.2) is 71.6 Å². The lowest BCUT2D eigenvalue weighted by atomic mass is 10.1. The van der Waals surface area contributed by atoms with Crippen LogP contribution in [0.1, 0.15) is 13.2 Å². The molecule has 2 rings (SSSR count). The number of aromatic nitrogens is 2. The van der Waals surface area contributed by atoms with Gasteiger partial charge in [0.1, 0.15) is 30.2 Å². The highest BCUT2D eigenvalue weighted by Crippen LogP contribution is 2.38. The van der Waals surface area contributed by atoms with Crippen LogP contribution in [0.15, 0.2) is 17.1 Å². The largest absolute Gasteiger partial charge is 0.469 e. The van der Waals surface area contributed by atoms with Crippen molar-refractivity contribution in [2.45, 2.75) is 37.6 Å². The topological polar surface area (TPSA) is 201 Å². The number of nitrogens with one attached hydrogen (secondary N) is 1. The fourth-order valence-electron chi connectivity index (χ4n) is 2.17. The molecule has 14 heteroatoms. The molecule has 1 fully saturated rings. The van der Waals surface area contributed by atoms with Crippen LogP contribution in [0.2, 0.25) is 0 Å². The molecule has 0 bridgehead atoms. The molecule has 0 aromatic carbocycles. The van der Waals surface area contributed by atoms with Gasteiger partial charge in [0.05, 0.1) is 6.61 Å². The molecule has 1 saturated heterocycles. The maximum Gasteiger partial charge on any atom is 0.469 e. The number of carbonyl (C=O) groups excluding carboxylic acids is 1. The summed E-state index contributed by atoms with van der Waals surface area (Å²) < 4.78 is 21.0. The first-order chi connectivity index (χ1) is 12.0. The highest BCUT2D eigenvalue weighted by Gasteiger charge is 2.45. The van der Waals surface area contributed by atoms with Crippen molar-refractivity contribution in [1.29, 1.82) is 0 Å². The Hall–Kier alpha value is -1.70. The van der Waals surface area contributed by atoms with E-state index in [0.717, 1.165) is 10.8 Å². The number of anilines is 1. The number of aliphatic hydroxyl groups is 3. The highest BCUT2D eigenvalue weighted by molar-refractivity contribution is 7.46. The van der Waals surface area contributed by atoms with E-state index in [1.165, 1.54) is 13.0 Å². The molecule has 1 unspecified atom stereocenters. The molecule has 0 saturated carbocycles. The molecule has 2 heterocycles. The van der Waals surface area contributed by atoms with Gasteiger partial charge in [-0.3, -0.25) is 13.9 Å². The van der Waals surface area contributed by atoms with Gasteiger partial charge < -0.3 is 35.2 Å². The number of phosphoric ester groups is 1. The molecule has 0 radical (unpaired) electrons. The molecule has 1 aliphatic rings. The van der Waals surface area contributed by atoms with Crippen molar-refractivity contribution in [2.24, 2.45) is 0 Å².